The Morgan fingerprint density at radius 3 is 1.94 bits per heavy atom. The van der Waals surface area contributed by atoms with E-state index in [1.807, 2.05) is 48.8 Å². The average Bonchev–Trinajstić information content (AvgIpc) is 3.57. The molecule has 0 unspecified atom stereocenters. The molecule has 0 N–H and O–H groups in total. The van der Waals surface area contributed by atoms with Gasteiger partial charge in [0.15, 0.2) is 17.5 Å². The first-order valence-corrected chi connectivity index (χ1v) is 16.2. The van der Waals surface area contributed by atoms with Crippen LogP contribution >= 0.6 is 0 Å². The number of furan rings is 1. The van der Waals surface area contributed by atoms with E-state index < -0.39 is 0 Å². The van der Waals surface area contributed by atoms with Crippen LogP contribution in [0.1, 0.15) is 0 Å². The summed E-state index contributed by atoms with van der Waals surface area (Å²) in [5.74, 6) is 1.74. The Bertz CT molecular complexity index is 2870. The quantitative estimate of drug-likeness (QED) is 0.181. The summed E-state index contributed by atoms with van der Waals surface area (Å²) in [6.07, 6.45) is 5.42. The van der Waals surface area contributed by atoms with E-state index in [2.05, 4.69) is 107 Å². The normalized spacial score (nSPS) is 11.7. The minimum absolute atomic E-state index is 0.563. The maximum absolute atomic E-state index is 6.23. The topological polar surface area (TPSA) is 77.6 Å². The predicted octanol–water partition coefficient (Wildman–Crippen LogP) is 10.7. The fourth-order valence-electron chi connectivity index (χ4n) is 6.99. The van der Waals surface area contributed by atoms with E-state index in [4.69, 9.17) is 19.4 Å². The summed E-state index contributed by atoms with van der Waals surface area (Å²) in [5.41, 5.74) is 7.43. The van der Waals surface area contributed by atoms with E-state index in [9.17, 15) is 0 Å². The van der Waals surface area contributed by atoms with E-state index in [0.29, 0.717) is 17.5 Å². The first-order chi connectivity index (χ1) is 24.3. The van der Waals surface area contributed by atoms with Crippen molar-refractivity contribution in [1.82, 2.24) is 24.9 Å². The average molecular weight is 628 g/mol. The zero-order valence-electron chi connectivity index (χ0n) is 26.1. The molecule has 0 aliphatic rings. The number of rotatable bonds is 4. The SMILES string of the molecule is c1ccc(-c2ccc(-c3nc(-c4cccc5oc6ccncc6c45)nc(-c4cccc5ccc6ccc7ncccc7c6c45)n3)cc2)cc1. The highest BCUT2D eigenvalue weighted by Gasteiger charge is 2.20. The van der Waals surface area contributed by atoms with Crippen molar-refractivity contribution >= 4 is 54.4 Å². The maximum Gasteiger partial charge on any atom is 0.164 e. The van der Waals surface area contributed by atoms with Crippen LogP contribution in [0.3, 0.4) is 0 Å². The Kier molecular flexibility index (Phi) is 6.08. The van der Waals surface area contributed by atoms with E-state index in [-0.39, 0.29) is 0 Å². The van der Waals surface area contributed by atoms with Crippen molar-refractivity contribution in [2.24, 2.45) is 0 Å². The molecule has 0 spiro atoms. The molecule has 49 heavy (non-hydrogen) atoms. The molecule has 0 amide bonds. The highest BCUT2D eigenvalue weighted by molar-refractivity contribution is 6.23. The molecular formula is C43H25N5O. The molecule has 10 aromatic rings. The molecule has 0 fully saturated rings. The molecule has 0 aliphatic heterocycles. The number of hydrogen-bond acceptors (Lipinski definition) is 6. The maximum atomic E-state index is 6.23. The third kappa shape index (κ3) is 4.46. The third-order valence-corrected chi connectivity index (χ3v) is 9.27. The molecule has 0 radical (unpaired) electrons. The van der Waals surface area contributed by atoms with Gasteiger partial charge in [0.05, 0.1) is 5.52 Å². The second kappa shape index (κ2) is 10.9. The number of hydrogen-bond donors (Lipinski definition) is 0. The van der Waals surface area contributed by atoms with Gasteiger partial charge in [-0.3, -0.25) is 9.97 Å². The second-order valence-corrected chi connectivity index (χ2v) is 12.1. The fourth-order valence-corrected chi connectivity index (χ4v) is 6.99. The zero-order chi connectivity index (χ0) is 32.3. The first-order valence-electron chi connectivity index (χ1n) is 16.2. The molecule has 0 aliphatic carbocycles. The van der Waals surface area contributed by atoms with Gasteiger partial charge in [0, 0.05) is 56.8 Å². The molecule has 0 atom stereocenters. The molecule has 6 aromatic carbocycles. The third-order valence-electron chi connectivity index (χ3n) is 9.27. The zero-order valence-corrected chi connectivity index (χ0v) is 26.1. The van der Waals surface area contributed by atoms with Crippen LogP contribution in [0.5, 0.6) is 0 Å². The molecule has 0 bridgehead atoms. The van der Waals surface area contributed by atoms with Crippen molar-refractivity contribution in [3.63, 3.8) is 0 Å². The number of benzene rings is 6. The van der Waals surface area contributed by atoms with E-state index in [0.717, 1.165) is 82.2 Å². The minimum atomic E-state index is 0.563. The molecule has 4 aromatic heterocycles. The summed E-state index contributed by atoms with van der Waals surface area (Å²) in [4.78, 5) is 24.6. The van der Waals surface area contributed by atoms with Crippen LogP contribution in [0.2, 0.25) is 0 Å². The molecule has 4 heterocycles. The molecule has 6 heteroatoms. The lowest BCUT2D eigenvalue weighted by Gasteiger charge is -2.13. The Morgan fingerprint density at radius 2 is 1.10 bits per heavy atom. The summed E-state index contributed by atoms with van der Waals surface area (Å²) in [5, 5.41) is 7.37. The van der Waals surface area contributed by atoms with Gasteiger partial charge in [-0.05, 0) is 51.6 Å². The number of fused-ring (bicyclic) bond motifs is 8. The smallest absolute Gasteiger partial charge is 0.164 e. The van der Waals surface area contributed by atoms with Crippen LogP contribution in [-0.4, -0.2) is 24.9 Å². The Hall–Kier alpha value is -6.79. The van der Waals surface area contributed by atoms with Crippen molar-refractivity contribution in [2.45, 2.75) is 0 Å². The van der Waals surface area contributed by atoms with E-state index in [1.54, 1.807) is 6.20 Å². The van der Waals surface area contributed by atoms with E-state index >= 15 is 0 Å². The number of nitrogens with zero attached hydrogens (tertiary/aromatic N) is 5. The van der Waals surface area contributed by atoms with Gasteiger partial charge >= 0.3 is 0 Å². The van der Waals surface area contributed by atoms with Gasteiger partial charge in [-0.25, -0.2) is 15.0 Å². The molecule has 0 saturated heterocycles. The lowest BCUT2D eigenvalue weighted by molar-refractivity contribution is 0.668. The predicted molar refractivity (Wildman–Crippen MR) is 197 cm³/mol. The van der Waals surface area contributed by atoms with Gasteiger partial charge in [0.2, 0.25) is 0 Å². The van der Waals surface area contributed by atoms with Crippen LogP contribution in [0.4, 0.5) is 0 Å². The van der Waals surface area contributed by atoms with Gasteiger partial charge < -0.3 is 4.42 Å². The summed E-state index contributed by atoms with van der Waals surface area (Å²) in [7, 11) is 0. The van der Waals surface area contributed by atoms with Crippen molar-refractivity contribution in [3.8, 4) is 45.3 Å². The van der Waals surface area contributed by atoms with Crippen LogP contribution < -0.4 is 0 Å². The summed E-state index contributed by atoms with van der Waals surface area (Å²) in [6, 6.07) is 45.7. The molecule has 0 saturated carbocycles. The highest BCUT2D eigenvalue weighted by atomic mass is 16.3. The van der Waals surface area contributed by atoms with Gasteiger partial charge in [-0.2, -0.15) is 0 Å². The summed E-state index contributed by atoms with van der Waals surface area (Å²) >= 11 is 0. The lowest BCUT2D eigenvalue weighted by atomic mass is 9.94. The number of aromatic nitrogens is 5. The van der Waals surface area contributed by atoms with Crippen LogP contribution in [-0.2, 0) is 0 Å². The van der Waals surface area contributed by atoms with Gasteiger partial charge in [0.1, 0.15) is 11.2 Å². The van der Waals surface area contributed by atoms with E-state index in [1.165, 1.54) is 0 Å². The number of pyridine rings is 2. The van der Waals surface area contributed by atoms with Crippen LogP contribution in [0.25, 0.3) is 99.7 Å². The van der Waals surface area contributed by atoms with Crippen LogP contribution in [0.15, 0.2) is 156 Å². The monoisotopic (exact) mass is 627 g/mol. The van der Waals surface area contributed by atoms with Crippen LogP contribution in [0, 0.1) is 0 Å². The standard InChI is InChI=1S/C43H25N5O/c1-2-7-26(8-3-1)27-14-18-30(19-15-27)41-46-42(48-43(47-41)33-11-5-13-37-40(33)34-25-44-24-22-36(34)49-37)32-10-4-9-28-16-17-29-20-21-35-31(12-6-23-45-35)38(29)39(28)32/h1-25H. The van der Waals surface area contributed by atoms with Crippen molar-refractivity contribution in [1.29, 1.82) is 0 Å². The molecule has 10 rings (SSSR count). The first kappa shape index (κ1) is 27.3. The molecular weight excluding hydrogens is 603 g/mol. The van der Waals surface area contributed by atoms with Gasteiger partial charge in [-0.15, -0.1) is 0 Å². The van der Waals surface area contributed by atoms with Crippen molar-refractivity contribution < 1.29 is 4.42 Å². The lowest BCUT2D eigenvalue weighted by Crippen LogP contribution is -2.01. The second-order valence-electron chi connectivity index (χ2n) is 12.1. The van der Waals surface area contributed by atoms with Crippen molar-refractivity contribution in [3.05, 3.63) is 152 Å². The van der Waals surface area contributed by atoms with Gasteiger partial charge in [-0.1, -0.05) is 109 Å². The Morgan fingerprint density at radius 1 is 0.408 bits per heavy atom. The Labute approximate surface area is 280 Å². The van der Waals surface area contributed by atoms with Crippen molar-refractivity contribution in [2.75, 3.05) is 0 Å². The fraction of sp³-hybridized carbons (Fsp3) is 0. The highest BCUT2D eigenvalue weighted by Crippen LogP contribution is 2.39. The largest absolute Gasteiger partial charge is 0.456 e. The Balaban J connectivity index is 1.26. The molecule has 228 valence electrons. The molecule has 6 nitrogen and oxygen atoms in total. The summed E-state index contributed by atoms with van der Waals surface area (Å²) < 4.78 is 6.23. The van der Waals surface area contributed by atoms with Gasteiger partial charge in [0.25, 0.3) is 0 Å². The minimum Gasteiger partial charge on any atom is -0.456 e. The summed E-state index contributed by atoms with van der Waals surface area (Å²) in [6.45, 7) is 0.